The third-order valence-corrected chi connectivity index (χ3v) is 5.93. The van der Waals surface area contributed by atoms with Gasteiger partial charge >= 0.3 is 12.1 Å². The van der Waals surface area contributed by atoms with Crippen molar-refractivity contribution in [1.82, 2.24) is 10.6 Å². The van der Waals surface area contributed by atoms with Crippen molar-refractivity contribution in [1.29, 1.82) is 0 Å². The van der Waals surface area contributed by atoms with E-state index in [2.05, 4.69) is 34.9 Å². The maximum Gasteiger partial charge on any atom is 0.407 e. The molecule has 0 spiro atoms. The van der Waals surface area contributed by atoms with E-state index in [1.54, 1.807) is 20.8 Å². The van der Waals surface area contributed by atoms with E-state index >= 15 is 0 Å². The molecule has 3 N–H and O–H groups in total. The van der Waals surface area contributed by atoms with Gasteiger partial charge in [-0.15, -0.1) is 0 Å². The van der Waals surface area contributed by atoms with Gasteiger partial charge in [0.1, 0.15) is 6.61 Å². The highest BCUT2D eigenvalue weighted by Gasteiger charge is 2.29. The van der Waals surface area contributed by atoms with Gasteiger partial charge < -0.3 is 20.5 Å². The molecule has 1 aliphatic rings. The maximum absolute atomic E-state index is 12.3. The molecule has 1 unspecified atom stereocenters. The minimum atomic E-state index is -0.958. The molecule has 33 heavy (non-hydrogen) atoms. The summed E-state index contributed by atoms with van der Waals surface area (Å²) in [5.74, 6) is -1.42. The molecule has 1 aliphatic carbocycles. The number of benzene rings is 2. The molecule has 0 saturated carbocycles. The number of fused-ring (bicyclic) bond motifs is 3. The van der Waals surface area contributed by atoms with E-state index in [0.29, 0.717) is 19.4 Å². The van der Waals surface area contributed by atoms with Crippen LogP contribution in [0, 0.1) is 5.92 Å². The second-order valence-corrected chi connectivity index (χ2v) is 9.24. The first-order chi connectivity index (χ1) is 15.7. The van der Waals surface area contributed by atoms with Gasteiger partial charge in [-0.2, -0.15) is 0 Å². The molecule has 2 aromatic carbocycles. The van der Waals surface area contributed by atoms with E-state index < -0.39 is 17.6 Å². The van der Waals surface area contributed by atoms with Crippen LogP contribution in [-0.4, -0.2) is 41.8 Å². The van der Waals surface area contributed by atoms with Gasteiger partial charge in [-0.25, -0.2) is 4.79 Å². The molecule has 2 amide bonds. The summed E-state index contributed by atoms with van der Waals surface area (Å²) in [7, 11) is 0. The molecule has 0 heterocycles. The van der Waals surface area contributed by atoms with Crippen molar-refractivity contribution in [2.75, 3.05) is 13.2 Å². The molecule has 2 aromatic rings. The van der Waals surface area contributed by atoms with Crippen LogP contribution in [-0.2, 0) is 14.3 Å². The van der Waals surface area contributed by atoms with Crippen LogP contribution in [0.25, 0.3) is 11.1 Å². The van der Waals surface area contributed by atoms with Crippen molar-refractivity contribution in [3.63, 3.8) is 0 Å². The van der Waals surface area contributed by atoms with Crippen molar-refractivity contribution < 1.29 is 24.2 Å². The molecule has 7 heteroatoms. The standard InChI is InChI=1S/C26H32N2O5/c1-17(24(31)28-26(2,3)15-23(29)30)9-8-14-27-25(32)33-16-22-20-12-6-4-10-18(20)19-11-5-7-13-21(19)22/h4-7,10-13,17,22H,8-9,14-16H2,1-3H3,(H,27,32)(H,28,31)(H,29,30). The number of carbonyl (C=O) groups excluding carboxylic acids is 2. The van der Waals surface area contributed by atoms with Crippen molar-refractivity contribution in [3.8, 4) is 11.1 Å². The maximum atomic E-state index is 12.3. The number of alkyl carbamates (subject to hydrolysis) is 1. The zero-order chi connectivity index (χ0) is 24.0. The normalized spacial score (nSPS) is 13.5. The van der Waals surface area contributed by atoms with E-state index in [9.17, 15) is 14.4 Å². The zero-order valence-corrected chi connectivity index (χ0v) is 19.4. The van der Waals surface area contributed by atoms with Crippen LogP contribution in [0.1, 0.15) is 57.1 Å². The minimum absolute atomic E-state index is 0.0148. The Morgan fingerprint density at radius 2 is 1.61 bits per heavy atom. The Kier molecular flexibility index (Phi) is 7.74. The second kappa shape index (κ2) is 10.5. The number of amides is 2. The lowest BCUT2D eigenvalue weighted by molar-refractivity contribution is -0.138. The lowest BCUT2D eigenvalue weighted by atomic mass is 9.97. The number of rotatable bonds is 10. The molecule has 1 atom stereocenters. The molecule has 176 valence electrons. The van der Waals surface area contributed by atoms with Gasteiger partial charge in [-0.1, -0.05) is 55.5 Å². The summed E-state index contributed by atoms with van der Waals surface area (Å²) in [5.41, 5.74) is 3.88. The van der Waals surface area contributed by atoms with Crippen LogP contribution in [0.5, 0.6) is 0 Å². The first-order valence-electron chi connectivity index (χ1n) is 11.3. The highest BCUT2D eigenvalue weighted by atomic mass is 16.5. The van der Waals surface area contributed by atoms with Crippen molar-refractivity contribution >= 4 is 18.0 Å². The second-order valence-electron chi connectivity index (χ2n) is 9.24. The summed E-state index contributed by atoms with van der Waals surface area (Å²) in [6.45, 7) is 5.82. The molecule has 0 aromatic heterocycles. The largest absolute Gasteiger partial charge is 0.481 e. The van der Waals surface area contributed by atoms with E-state index in [0.717, 1.165) is 11.1 Å². The Labute approximate surface area is 194 Å². The Morgan fingerprint density at radius 3 is 2.18 bits per heavy atom. The Bertz CT molecular complexity index is 972. The first kappa shape index (κ1) is 24.3. The van der Waals surface area contributed by atoms with E-state index in [1.165, 1.54) is 11.1 Å². The smallest absolute Gasteiger partial charge is 0.407 e. The summed E-state index contributed by atoms with van der Waals surface area (Å²) in [4.78, 5) is 35.4. The van der Waals surface area contributed by atoms with E-state index in [4.69, 9.17) is 9.84 Å². The minimum Gasteiger partial charge on any atom is -0.481 e. The molecule has 3 rings (SSSR count). The Morgan fingerprint density at radius 1 is 1.03 bits per heavy atom. The van der Waals surface area contributed by atoms with Gasteiger partial charge in [0.2, 0.25) is 5.91 Å². The third-order valence-electron chi connectivity index (χ3n) is 5.93. The zero-order valence-electron chi connectivity index (χ0n) is 19.4. The predicted octanol–water partition coefficient (Wildman–Crippen LogP) is 4.31. The van der Waals surface area contributed by atoms with Gasteiger partial charge in [0.25, 0.3) is 0 Å². The fraction of sp³-hybridized carbons (Fsp3) is 0.423. The third kappa shape index (κ3) is 6.34. The van der Waals surface area contributed by atoms with Crippen molar-refractivity contribution in [2.24, 2.45) is 5.92 Å². The van der Waals surface area contributed by atoms with Gasteiger partial charge in [0, 0.05) is 23.9 Å². The van der Waals surface area contributed by atoms with Gasteiger partial charge in [-0.3, -0.25) is 9.59 Å². The first-order valence-corrected chi connectivity index (χ1v) is 11.3. The molecule has 0 saturated heterocycles. The fourth-order valence-electron chi connectivity index (χ4n) is 4.26. The highest BCUT2D eigenvalue weighted by Crippen LogP contribution is 2.44. The quantitative estimate of drug-likeness (QED) is 0.466. The lowest BCUT2D eigenvalue weighted by Crippen LogP contribution is -2.47. The molecule has 0 aliphatic heterocycles. The van der Waals surface area contributed by atoms with E-state index in [1.807, 2.05) is 24.3 Å². The van der Waals surface area contributed by atoms with Crippen LogP contribution in [0.4, 0.5) is 4.79 Å². The number of ether oxygens (including phenoxy) is 1. The fourth-order valence-corrected chi connectivity index (χ4v) is 4.26. The average molecular weight is 453 g/mol. The predicted molar refractivity (Wildman–Crippen MR) is 126 cm³/mol. The Balaban J connectivity index is 1.41. The summed E-state index contributed by atoms with van der Waals surface area (Å²) in [5, 5.41) is 14.5. The lowest BCUT2D eigenvalue weighted by Gasteiger charge is -2.26. The van der Waals surface area contributed by atoms with Crippen LogP contribution >= 0.6 is 0 Å². The number of nitrogens with one attached hydrogen (secondary N) is 2. The van der Waals surface area contributed by atoms with Crippen LogP contribution in [0.2, 0.25) is 0 Å². The number of carboxylic acid groups (broad SMARTS) is 1. The molecule has 0 radical (unpaired) electrons. The van der Waals surface area contributed by atoms with Crippen LogP contribution in [0.3, 0.4) is 0 Å². The Hall–Kier alpha value is -3.35. The van der Waals surface area contributed by atoms with E-state index in [-0.39, 0.29) is 30.8 Å². The van der Waals surface area contributed by atoms with Crippen molar-refractivity contribution in [2.45, 2.75) is 51.5 Å². The number of hydrogen-bond donors (Lipinski definition) is 3. The molecule has 7 nitrogen and oxygen atoms in total. The molecule has 0 fully saturated rings. The number of carboxylic acids is 1. The highest BCUT2D eigenvalue weighted by molar-refractivity contribution is 5.80. The number of hydrogen-bond acceptors (Lipinski definition) is 4. The van der Waals surface area contributed by atoms with Gasteiger partial charge in [0.15, 0.2) is 0 Å². The van der Waals surface area contributed by atoms with Crippen LogP contribution < -0.4 is 10.6 Å². The van der Waals surface area contributed by atoms with Gasteiger partial charge in [0.05, 0.1) is 6.42 Å². The monoisotopic (exact) mass is 452 g/mol. The molecular formula is C26H32N2O5. The van der Waals surface area contributed by atoms with Crippen LogP contribution in [0.15, 0.2) is 48.5 Å². The summed E-state index contributed by atoms with van der Waals surface area (Å²) in [6.07, 6.45) is 0.558. The average Bonchev–Trinajstić information content (AvgIpc) is 3.07. The van der Waals surface area contributed by atoms with Gasteiger partial charge in [-0.05, 0) is 48.9 Å². The summed E-state index contributed by atoms with van der Waals surface area (Å²) >= 11 is 0. The number of carbonyl (C=O) groups is 3. The summed E-state index contributed by atoms with van der Waals surface area (Å²) < 4.78 is 5.51. The summed E-state index contributed by atoms with van der Waals surface area (Å²) in [6, 6.07) is 16.4. The molecular weight excluding hydrogens is 420 g/mol. The topological polar surface area (TPSA) is 105 Å². The molecule has 0 bridgehead atoms. The van der Waals surface area contributed by atoms with Crippen molar-refractivity contribution in [3.05, 3.63) is 59.7 Å². The SMILES string of the molecule is CC(CCCNC(=O)OCC1c2ccccc2-c2ccccc21)C(=O)NC(C)(C)CC(=O)O. The number of aliphatic carboxylic acids is 1.